The average Bonchev–Trinajstić information content (AvgIpc) is 2.83. The first-order valence-corrected chi connectivity index (χ1v) is 12.0. The topological polar surface area (TPSA) is 73.6 Å². The highest BCUT2D eigenvalue weighted by atomic mass is 79.9. The number of allylic oxidation sites excluding steroid dienone is 1. The molecule has 2 amide bonds. The van der Waals surface area contributed by atoms with Crippen LogP contribution in [0.1, 0.15) is 43.0 Å². The van der Waals surface area contributed by atoms with E-state index in [1.165, 1.54) is 24.0 Å². The zero-order valence-corrected chi connectivity index (χ0v) is 20.7. The molecule has 2 aromatic rings. The van der Waals surface area contributed by atoms with Crippen molar-refractivity contribution >= 4 is 33.6 Å². The number of rotatable bonds is 7. The number of anilines is 1. The maximum Gasteiger partial charge on any atom is 0.416 e. The van der Waals surface area contributed by atoms with E-state index in [1.807, 2.05) is 6.07 Å². The molecule has 2 aromatic carbocycles. The average molecular weight is 550 g/mol. The van der Waals surface area contributed by atoms with Crippen molar-refractivity contribution in [2.45, 2.75) is 32.5 Å². The van der Waals surface area contributed by atoms with Gasteiger partial charge in [-0.15, -0.1) is 0 Å². The minimum atomic E-state index is -4.60. The fourth-order valence-corrected chi connectivity index (χ4v) is 4.24. The molecule has 1 heterocycles. The van der Waals surface area contributed by atoms with Gasteiger partial charge in [0, 0.05) is 17.6 Å². The first-order valence-electron chi connectivity index (χ1n) is 10.9. The predicted octanol–water partition coefficient (Wildman–Crippen LogP) is 6.18. The molecule has 3 rings (SSSR count). The number of alkyl halides is 4. The Bertz CT molecular complexity index is 1170. The van der Waals surface area contributed by atoms with Gasteiger partial charge in [0.25, 0.3) is 0 Å². The van der Waals surface area contributed by atoms with Crippen molar-refractivity contribution in [2.75, 3.05) is 23.4 Å². The Morgan fingerprint density at radius 2 is 1.89 bits per heavy atom. The number of esters is 1. The minimum Gasteiger partial charge on any atom is -0.463 e. The molecule has 0 aromatic heterocycles. The first-order chi connectivity index (χ1) is 16.6. The third kappa shape index (κ3) is 5.51. The van der Waals surface area contributed by atoms with Crippen molar-refractivity contribution in [2.24, 2.45) is 0 Å². The first kappa shape index (κ1) is 26.3. The molecule has 0 spiro atoms. The van der Waals surface area contributed by atoms with Crippen LogP contribution in [0.2, 0.25) is 0 Å². The van der Waals surface area contributed by atoms with E-state index < -0.39 is 29.8 Å². The Kier molecular flexibility index (Phi) is 8.22. The summed E-state index contributed by atoms with van der Waals surface area (Å²) in [6.45, 7) is 3.46. The summed E-state index contributed by atoms with van der Waals surface area (Å²) >= 11 is 3.35. The van der Waals surface area contributed by atoms with Crippen molar-refractivity contribution in [1.29, 1.82) is 5.26 Å². The van der Waals surface area contributed by atoms with Crippen molar-refractivity contribution in [3.8, 4) is 6.07 Å². The van der Waals surface area contributed by atoms with Gasteiger partial charge in [-0.2, -0.15) is 18.4 Å². The van der Waals surface area contributed by atoms with E-state index in [1.54, 1.807) is 31.2 Å². The Morgan fingerprint density at radius 3 is 2.46 bits per heavy atom. The van der Waals surface area contributed by atoms with E-state index in [0.717, 1.165) is 17.0 Å². The van der Waals surface area contributed by atoms with Crippen molar-refractivity contribution in [3.05, 3.63) is 76.5 Å². The fourth-order valence-electron chi connectivity index (χ4n) is 3.99. The second-order valence-corrected chi connectivity index (χ2v) is 8.55. The molecule has 1 aliphatic heterocycles. The van der Waals surface area contributed by atoms with Crippen LogP contribution < -0.4 is 4.90 Å². The lowest BCUT2D eigenvalue weighted by Crippen LogP contribution is -2.51. The van der Waals surface area contributed by atoms with Gasteiger partial charge in [0.2, 0.25) is 0 Å². The lowest BCUT2D eigenvalue weighted by molar-refractivity contribution is -0.139. The Hall–Kier alpha value is -3.32. The number of hydrogen-bond acceptors (Lipinski definition) is 4. The molecule has 0 saturated heterocycles. The number of amides is 2. The summed E-state index contributed by atoms with van der Waals surface area (Å²) < 4.78 is 45.5. The maximum atomic E-state index is 13.8. The minimum absolute atomic E-state index is 0.00811. The van der Waals surface area contributed by atoms with Gasteiger partial charge >= 0.3 is 18.2 Å². The number of ether oxygens (including phenoxy) is 1. The van der Waals surface area contributed by atoms with Crippen LogP contribution in [0.5, 0.6) is 0 Å². The van der Waals surface area contributed by atoms with Crippen molar-refractivity contribution in [3.63, 3.8) is 0 Å². The zero-order chi connectivity index (χ0) is 25.8. The summed E-state index contributed by atoms with van der Waals surface area (Å²) in [5, 5.41) is 9.72. The summed E-state index contributed by atoms with van der Waals surface area (Å²) in [6, 6.07) is 11.5. The van der Waals surface area contributed by atoms with Gasteiger partial charge in [-0.25, -0.2) is 9.59 Å². The quantitative estimate of drug-likeness (QED) is 0.305. The van der Waals surface area contributed by atoms with E-state index >= 15 is 0 Å². The smallest absolute Gasteiger partial charge is 0.416 e. The van der Waals surface area contributed by atoms with Crippen LogP contribution in [0.15, 0.2) is 59.8 Å². The number of carbonyl (C=O) groups excluding carboxylic acids is 2. The summed E-state index contributed by atoms with van der Waals surface area (Å²) in [5.74, 6) is -0.673. The normalized spacial score (nSPS) is 16.4. The fraction of sp³-hybridized carbons (Fsp3) is 0.320. The Labute approximate surface area is 209 Å². The van der Waals surface area contributed by atoms with Gasteiger partial charge in [-0.05, 0) is 56.2 Å². The van der Waals surface area contributed by atoms with E-state index in [-0.39, 0.29) is 30.1 Å². The molecule has 10 heteroatoms. The lowest BCUT2D eigenvalue weighted by atomic mass is 9.92. The molecule has 0 N–H and O–H groups in total. The third-order valence-corrected chi connectivity index (χ3v) is 6.12. The van der Waals surface area contributed by atoms with Crippen LogP contribution >= 0.6 is 15.9 Å². The van der Waals surface area contributed by atoms with Crippen LogP contribution in [-0.4, -0.2) is 35.4 Å². The molecule has 6 nitrogen and oxygen atoms in total. The van der Waals surface area contributed by atoms with Crippen LogP contribution in [0.3, 0.4) is 0 Å². The van der Waals surface area contributed by atoms with Gasteiger partial charge in [0.1, 0.15) is 0 Å². The number of carbonyl (C=O) groups is 2. The van der Waals surface area contributed by atoms with Crippen LogP contribution in [-0.2, 0) is 15.7 Å². The monoisotopic (exact) mass is 549 g/mol. The number of nitrogens with zero attached hydrogens (tertiary/aromatic N) is 3. The van der Waals surface area contributed by atoms with Gasteiger partial charge < -0.3 is 9.64 Å². The molecular weight excluding hydrogens is 527 g/mol. The molecule has 1 atom stereocenters. The van der Waals surface area contributed by atoms with E-state index in [4.69, 9.17) is 10.00 Å². The van der Waals surface area contributed by atoms with Gasteiger partial charge in [0.05, 0.1) is 41.1 Å². The second kappa shape index (κ2) is 11.0. The van der Waals surface area contributed by atoms with Crippen LogP contribution in [0.4, 0.5) is 23.7 Å². The van der Waals surface area contributed by atoms with Gasteiger partial charge in [-0.1, -0.05) is 34.1 Å². The van der Waals surface area contributed by atoms with Crippen molar-refractivity contribution < 1.29 is 27.5 Å². The molecule has 0 unspecified atom stereocenters. The molecule has 0 radical (unpaired) electrons. The number of halogens is 4. The summed E-state index contributed by atoms with van der Waals surface area (Å²) in [5.41, 5.74) is 0.394. The largest absolute Gasteiger partial charge is 0.463 e. The van der Waals surface area contributed by atoms with Crippen molar-refractivity contribution in [1.82, 2.24) is 4.90 Å². The maximum absolute atomic E-state index is 13.8. The number of benzene rings is 2. The molecule has 0 aliphatic carbocycles. The SMILES string of the molecule is CCOC(=O)C1=C(C)N(c2cccc(C(F)(F)F)c2)C(=O)N(CCCBr)[C@@H]1c1ccc(C#N)cc1. The van der Waals surface area contributed by atoms with Crippen LogP contribution in [0.25, 0.3) is 0 Å². The molecule has 184 valence electrons. The molecular formula is C25H23BrF3N3O3. The van der Waals surface area contributed by atoms with E-state index in [0.29, 0.717) is 22.9 Å². The molecule has 35 heavy (non-hydrogen) atoms. The molecule has 0 bridgehead atoms. The summed E-state index contributed by atoms with van der Waals surface area (Å²) in [6.07, 6.45) is -4.07. The molecule has 0 saturated carbocycles. The standard InChI is InChI=1S/C25H23BrF3N3O3/c1-3-35-23(33)21-16(2)32(20-7-4-6-19(14-20)25(27,28)29)24(34)31(13-5-12-26)22(21)18-10-8-17(15-30)9-11-18/h4,6-11,14,22H,3,5,12-13H2,1-2H3/t22-/m1/s1. The Balaban J connectivity index is 2.25. The highest BCUT2D eigenvalue weighted by Crippen LogP contribution is 2.41. The van der Waals surface area contributed by atoms with E-state index in [2.05, 4.69) is 15.9 Å². The number of urea groups is 1. The lowest BCUT2D eigenvalue weighted by Gasteiger charge is -2.43. The highest BCUT2D eigenvalue weighted by molar-refractivity contribution is 9.09. The van der Waals surface area contributed by atoms with Gasteiger partial charge in [-0.3, -0.25) is 4.90 Å². The number of hydrogen-bond donors (Lipinski definition) is 0. The summed E-state index contributed by atoms with van der Waals surface area (Å²) in [7, 11) is 0. The second-order valence-electron chi connectivity index (χ2n) is 7.76. The number of nitriles is 1. The molecule has 1 aliphatic rings. The Morgan fingerprint density at radius 1 is 1.20 bits per heavy atom. The summed E-state index contributed by atoms with van der Waals surface area (Å²) in [4.78, 5) is 29.5. The highest BCUT2D eigenvalue weighted by Gasteiger charge is 2.43. The van der Waals surface area contributed by atoms with Gasteiger partial charge in [0.15, 0.2) is 0 Å². The third-order valence-electron chi connectivity index (χ3n) is 5.56. The molecule has 0 fully saturated rings. The van der Waals surface area contributed by atoms with Crippen LogP contribution in [0, 0.1) is 11.3 Å². The zero-order valence-electron chi connectivity index (χ0n) is 19.1. The predicted molar refractivity (Wildman–Crippen MR) is 128 cm³/mol. The van der Waals surface area contributed by atoms with E-state index in [9.17, 15) is 22.8 Å².